The number of aliphatic carboxylic acids is 1. The van der Waals surface area contributed by atoms with E-state index in [2.05, 4.69) is 28.6 Å². The van der Waals surface area contributed by atoms with Gasteiger partial charge in [-0.1, -0.05) is 20.3 Å². The molecule has 0 rings (SSSR count). The molecule has 0 aliphatic heterocycles. The van der Waals surface area contributed by atoms with Gasteiger partial charge in [-0.15, -0.1) is 0 Å². The summed E-state index contributed by atoms with van der Waals surface area (Å²) in [6.45, 7) is 3.84. The second-order valence-electron chi connectivity index (χ2n) is 6.47. The summed E-state index contributed by atoms with van der Waals surface area (Å²) in [4.78, 5) is 47.8. The number of amides is 3. The Balaban J connectivity index is 5.21. The van der Waals surface area contributed by atoms with Crippen LogP contribution in [-0.2, 0) is 19.2 Å². The van der Waals surface area contributed by atoms with Gasteiger partial charge in [0.15, 0.2) is 0 Å². The molecule has 0 saturated carbocycles. The minimum absolute atomic E-state index is 0.0104. The third-order valence-corrected chi connectivity index (χ3v) is 4.58. The van der Waals surface area contributed by atoms with Crippen LogP contribution in [0.2, 0.25) is 0 Å². The van der Waals surface area contributed by atoms with E-state index in [1.165, 1.54) is 6.92 Å². The van der Waals surface area contributed by atoms with Gasteiger partial charge in [0, 0.05) is 5.75 Å². The highest BCUT2D eigenvalue weighted by atomic mass is 32.1. The molecule has 162 valence electrons. The Hall–Kier alpha value is -1.89. The summed E-state index contributed by atoms with van der Waals surface area (Å²) in [5.41, 5.74) is 5.48. The van der Waals surface area contributed by atoms with Gasteiger partial charge in [-0.05, 0) is 12.8 Å². The summed E-state index contributed by atoms with van der Waals surface area (Å²) in [6, 6.07) is -5.13. The van der Waals surface area contributed by atoms with Crippen LogP contribution in [0.5, 0.6) is 0 Å². The number of thiol groups is 1. The number of nitrogens with two attached hydrogens (primary N) is 1. The predicted molar refractivity (Wildman–Crippen MR) is 103 cm³/mol. The number of aliphatic hydroxyl groups excluding tert-OH is 2. The van der Waals surface area contributed by atoms with Crippen molar-refractivity contribution in [1.82, 2.24) is 16.0 Å². The van der Waals surface area contributed by atoms with Crippen molar-refractivity contribution in [2.45, 2.75) is 57.5 Å². The summed E-state index contributed by atoms with van der Waals surface area (Å²) < 4.78 is 0. The molecule has 0 aromatic heterocycles. The van der Waals surface area contributed by atoms with Crippen LogP contribution in [0.3, 0.4) is 0 Å². The van der Waals surface area contributed by atoms with Gasteiger partial charge in [0.05, 0.1) is 18.8 Å². The number of carboxylic acids is 1. The lowest BCUT2D eigenvalue weighted by molar-refractivity contribution is -0.144. The second-order valence-corrected chi connectivity index (χ2v) is 6.83. The van der Waals surface area contributed by atoms with Crippen molar-refractivity contribution in [2.75, 3.05) is 12.4 Å². The monoisotopic (exact) mass is 422 g/mol. The lowest BCUT2D eigenvalue weighted by Crippen LogP contribution is -2.61. The van der Waals surface area contributed by atoms with Crippen LogP contribution in [0.25, 0.3) is 0 Å². The van der Waals surface area contributed by atoms with E-state index >= 15 is 0 Å². The van der Waals surface area contributed by atoms with Gasteiger partial charge in [-0.2, -0.15) is 12.6 Å². The zero-order valence-corrected chi connectivity index (χ0v) is 17.0. The zero-order valence-electron chi connectivity index (χ0n) is 16.1. The largest absolute Gasteiger partial charge is 0.480 e. The number of carbonyl (C=O) groups excluding carboxylic acids is 3. The van der Waals surface area contributed by atoms with Crippen LogP contribution in [0.4, 0.5) is 0 Å². The Morgan fingerprint density at radius 2 is 1.54 bits per heavy atom. The first-order valence-corrected chi connectivity index (χ1v) is 9.42. The molecule has 6 atom stereocenters. The van der Waals surface area contributed by atoms with Crippen molar-refractivity contribution < 1.29 is 34.5 Å². The second kappa shape index (κ2) is 12.5. The molecule has 0 radical (unpaired) electrons. The number of aliphatic hydroxyl groups is 2. The predicted octanol–water partition coefficient (Wildman–Crippen LogP) is -2.80. The van der Waals surface area contributed by atoms with E-state index in [1.54, 1.807) is 13.8 Å². The maximum Gasteiger partial charge on any atom is 0.326 e. The highest BCUT2D eigenvalue weighted by Gasteiger charge is 2.33. The minimum atomic E-state index is -1.50. The third kappa shape index (κ3) is 8.00. The standard InChI is InChI=1S/C16H30N4O7S/c1-4-7(2)11(16(26)27)19-15(25)12(8(3)22)20-14(24)10(5-21)18-13(23)9(17)6-28/h7-12,21-22,28H,4-6,17H2,1-3H3,(H,18,23)(H,19,25)(H,20,24)(H,26,27). The van der Waals surface area contributed by atoms with Crippen LogP contribution < -0.4 is 21.7 Å². The summed E-state index contributed by atoms with van der Waals surface area (Å²) in [5, 5.41) is 35.1. The lowest BCUT2D eigenvalue weighted by atomic mass is 9.98. The Bertz CT molecular complexity index is 561. The van der Waals surface area contributed by atoms with E-state index in [0.717, 1.165) is 0 Å². The smallest absolute Gasteiger partial charge is 0.326 e. The van der Waals surface area contributed by atoms with Crippen molar-refractivity contribution in [2.24, 2.45) is 11.7 Å². The van der Waals surface area contributed by atoms with Crippen LogP contribution in [0.15, 0.2) is 0 Å². The first-order chi connectivity index (χ1) is 13.0. The zero-order chi connectivity index (χ0) is 22.0. The number of nitrogens with one attached hydrogen (secondary N) is 3. The molecule has 12 heteroatoms. The maximum absolute atomic E-state index is 12.4. The molecule has 0 fully saturated rings. The van der Waals surface area contributed by atoms with Crippen molar-refractivity contribution in [3.05, 3.63) is 0 Å². The van der Waals surface area contributed by atoms with Crippen LogP contribution >= 0.6 is 12.6 Å². The quantitative estimate of drug-likeness (QED) is 0.155. The van der Waals surface area contributed by atoms with E-state index in [0.29, 0.717) is 6.42 Å². The maximum atomic E-state index is 12.4. The molecular formula is C16H30N4O7S. The Morgan fingerprint density at radius 1 is 1.00 bits per heavy atom. The first kappa shape index (κ1) is 26.1. The lowest BCUT2D eigenvalue weighted by Gasteiger charge is -2.27. The molecular weight excluding hydrogens is 392 g/mol. The van der Waals surface area contributed by atoms with E-state index in [1.807, 2.05) is 0 Å². The highest BCUT2D eigenvalue weighted by molar-refractivity contribution is 7.80. The van der Waals surface area contributed by atoms with Gasteiger partial charge in [0.2, 0.25) is 17.7 Å². The fourth-order valence-corrected chi connectivity index (χ4v) is 2.31. The number of rotatable bonds is 12. The summed E-state index contributed by atoms with van der Waals surface area (Å²) in [5.74, 6) is -4.22. The molecule has 0 aliphatic rings. The van der Waals surface area contributed by atoms with Gasteiger partial charge in [-0.25, -0.2) is 4.79 Å². The van der Waals surface area contributed by atoms with E-state index in [4.69, 9.17) is 5.73 Å². The fraction of sp³-hybridized carbons (Fsp3) is 0.750. The molecule has 0 aromatic rings. The van der Waals surface area contributed by atoms with Gasteiger partial charge >= 0.3 is 5.97 Å². The molecule has 0 aromatic carbocycles. The average molecular weight is 423 g/mol. The van der Waals surface area contributed by atoms with Crippen LogP contribution in [0.1, 0.15) is 27.2 Å². The molecule has 0 aliphatic carbocycles. The Morgan fingerprint density at radius 3 is 1.93 bits per heavy atom. The van der Waals surface area contributed by atoms with E-state index in [-0.39, 0.29) is 11.7 Å². The molecule has 8 N–H and O–H groups in total. The van der Waals surface area contributed by atoms with Crippen LogP contribution in [-0.4, -0.2) is 81.6 Å². The summed E-state index contributed by atoms with van der Waals surface area (Å²) in [7, 11) is 0. The first-order valence-electron chi connectivity index (χ1n) is 8.79. The van der Waals surface area contributed by atoms with E-state index in [9.17, 15) is 34.5 Å². The Kier molecular flexibility index (Phi) is 11.7. The van der Waals surface area contributed by atoms with Gasteiger partial charge in [0.25, 0.3) is 0 Å². The van der Waals surface area contributed by atoms with Gasteiger partial charge < -0.3 is 37.0 Å². The Labute approximate surface area is 168 Å². The van der Waals surface area contributed by atoms with Crippen molar-refractivity contribution in [1.29, 1.82) is 0 Å². The fourth-order valence-electron chi connectivity index (χ4n) is 2.14. The molecule has 0 heterocycles. The van der Waals surface area contributed by atoms with Gasteiger partial charge in [0.1, 0.15) is 18.1 Å². The number of carboxylic acid groups (broad SMARTS) is 1. The van der Waals surface area contributed by atoms with Crippen molar-refractivity contribution >= 4 is 36.3 Å². The molecule has 0 bridgehead atoms. The molecule has 0 spiro atoms. The molecule has 3 amide bonds. The highest BCUT2D eigenvalue weighted by Crippen LogP contribution is 2.09. The minimum Gasteiger partial charge on any atom is -0.480 e. The number of hydrogen-bond acceptors (Lipinski definition) is 8. The average Bonchev–Trinajstić information content (AvgIpc) is 2.65. The van der Waals surface area contributed by atoms with Crippen molar-refractivity contribution in [3.8, 4) is 0 Å². The molecule has 11 nitrogen and oxygen atoms in total. The molecule has 0 saturated heterocycles. The van der Waals surface area contributed by atoms with Crippen molar-refractivity contribution in [3.63, 3.8) is 0 Å². The van der Waals surface area contributed by atoms with Crippen LogP contribution in [0, 0.1) is 5.92 Å². The van der Waals surface area contributed by atoms with E-state index < -0.39 is 60.6 Å². The van der Waals surface area contributed by atoms with Gasteiger partial charge in [-0.3, -0.25) is 14.4 Å². The normalized spacial score (nSPS) is 17.4. The number of carbonyl (C=O) groups is 4. The topological polar surface area (TPSA) is 191 Å². The molecule has 6 unspecified atom stereocenters. The summed E-state index contributed by atoms with van der Waals surface area (Å²) in [6.07, 6.45) is -0.891. The summed E-state index contributed by atoms with van der Waals surface area (Å²) >= 11 is 3.86. The molecule has 28 heavy (non-hydrogen) atoms. The SMILES string of the molecule is CCC(C)C(NC(=O)C(NC(=O)C(CO)NC(=O)C(N)CS)C(C)O)C(=O)O. The third-order valence-electron chi connectivity index (χ3n) is 4.19. The number of hydrogen-bond donors (Lipinski definition) is 8.